The second-order valence-corrected chi connectivity index (χ2v) is 7.78. The molecule has 1 aliphatic heterocycles. The molecule has 178 valence electrons. The third kappa shape index (κ3) is 4.63. The van der Waals surface area contributed by atoms with E-state index >= 15 is 0 Å². The molecule has 7 nitrogen and oxygen atoms in total. The average molecular weight is 470 g/mol. The van der Waals surface area contributed by atoms with E-state index < -0.39 is 47.9 Å². The second-order valence-electron chi connectivity index (χ2n) is 7.78. The summed E-state index contributed by atoms with van der Waals surface area (Å²) < 4.78 is 70.5. The quantitative estimate of drug-likeness (QED) is 0.522. The monoisotopic (exact) mass is 470 g/mol. The standard InChI is InChI=1S/C22H22F4N2O5/c1-11-15(23)6-5-13(17(11)31-3)14-10-21(2,22(24,25)26)33-18(14)19(29)28-12-7-8-27-16(9-12)20(30)32-4/h5-9,14,18H,10H2,1-4H3,(H,27,28,29)/t14-,18+,21+/m0/s1. The highest BCUT2D eigenvalue weighted by Crippen LogP contribution is 2.51. The molecule has 3 rings (SSSR count). The van der Waals surface area contributed by atoms with Gasteiger partial charge in [-0.25, -0.2) is 14.2 Å². The smallest absolute Gasteiger partial charge is 0.417 e. The van der Waals surface area contributed by atoms with Crippen LogP contribution in [0.2, 0.25) is 0 Å². The Morgan fingerprint density at radius 3 is 2.55 bits per heavy atom. The summed E-state index contributed by atoms with van der Waals surface area (Å²) in [6.45, 7) is 2.29. The predicted molar refractivity (Wildman–Crippen MR) is 109 cm³/mol. The minimum Gasteiger partial charge on any atom is -0.496 e. The molecule has 0 unspecified atom stereocenters. The minimum absolute atomic E-state index is 0.0460. The van der Waals surface area contributed by atoms with Gasteiger partial charge in [-0.15, -0.1) is 0 Å². The molecule has 0 bridgehead atoms. The van der Waals surface area contributed by atoms with E-state index in [1.807, 2.05) is 0 Å². The zero-order chi connectivity index (χ0) is 24.6. The van der Waals surface area contributed by atoms with Crippen LogP contribution in [-0.2, 0) is 14.3 Å². The summed E-state index contributed by atoms with van der Waals surface area (Å²) in [4.78, 5) is 28.6. The van der Waals surface area contributed by atoms with Crippen LogP contribution in [0.4, 0.5) is 23.2 Å². The van der Waals surface area contributed by atoms with Gasteiger partial charge in [0.05, 0.1) is 14.2 Å². The maximum Gasteiger partial charge on any atom is 0.417 e. The highest BCUT2D eigenvalue weighted by molar-refractivity contribution is 5.96. The number of nitrogens with zero attached hydrogens (tertiary/aromatic N) is 1. The van der Waals surface area contributed by atoms with Gasteiger partial charge in [-0.2, -0.15) is 13.2 Å². The summed E-state index contributed by atoms with van der Waals surface area (Å²) in [6.07, 6.45) is -5.69. The number of hydrogen-bond acceptors (Lipinski definition) is 6. The van der Waals surface area contributed by atoms with Crippen LogP contribution < -0.4 is 10.1 Å². The molecule has 2 aromatic rings. The lowest BCUT2D eigenvalue weighted by atomic mass is 9.85. The summed E-state index contributed by atoms with van der Waals surface area (Å²) in [5, 5.41) is 2.46. The largest absolute Gasteiger partial charge is 0.496 e. The van der Waals surface area contributed by atoms with Crippen molar-refractivity contribution in [2.45, 2.75) is 44.1 Å². The SMILES string of the molecule is COC(=O)c1cc(NC(=O)[C@@H]2O[C@@](C)(C(F)(F)F)C[C@H]2c2ccc(F)c(C)c2OC)ccn1. The third-order valence-electron chi connectivity index (χ3n) is 5.62. The van der Waals surface area contributed by atoms with Crippen LogP contribution in [0.25, 0.3) is 0 Å². The molecular weight excluding hydrogens is 448 g/mol. The molecule has 1 saturated heterocycles. The number of esters is 1. The maximum atomic E-state index is 14.0. The Kier molecular flexibility index (Phi) is 6.64. The van der Waals surface area contributed by atoms with Crippen LogP contribution in [-0.4, -0.2) is 49.0 Å². The van der Waals surface area contributed by atoms with E-state index in [-0.39, 0.29) is 28.3 Å². The Labute approximate surface area is 187 Å². The highest BCUT2D eigenvalue weighted by atomic mass is 19.4. The number of carbonyl (C=O) groups is 2. The molecule has 33 heavy (non-hydrogen) atoms. The van der Waals surface area contributed by atoms with Gasteiger partial charge in [-0.3, -0.25) is 4.79 Å². The fourth-order valence-electron chi connectivity index (χ4n) is 3.82. The van der Waals surface area contributed by atoms with Crippen molar-refractivity contribution in [3.05, 3.63) is 53.1 Å². The van der Waals surface area contributed by atoms with Gasteiger partial charge in [0.15, 0.2) is 5.60 Å². The Bertz CT molecular complexity index is 1080. The fourth-order valence-corrected chi connectivity index (χ4v) is 3.82. The van der Waals surface area contributed by atoms with Gasteiger partial charge in [0.25, 0.3) is 5.91 Å². The van der Waals surface area contributed by atoms with Gasteiger partial charge in [0.2, 0.25) is 0 Å². The Balaban J connectivity index is 2.00. The first kappa shape index (κ1) is 24.4. The topological polar surface area (TPSA) is 86.8 Å². The van der Waals surface area contributed by atoms with Gasteiger partial charge in [0.1, 0.15) is 23.4 Å². The summed E-state index contributed by atoms with van der Waals surface area (Å²) in [5.74, 6) is -3.27. The zero-order valence-electron chi connectivity index (χ0n) is 18.2. The van der Waals surface area contributed by atoms with Crippen molar-refractivity contribution in [2.24, 2.45) is 0 Å². The number of rotatable bonds is 5. The van der Waals surface area contributed by atoms with E-state index in [1.165, 1.54) is 38.4 Å². The predicted octanol–water partition coefficient (Wildman–Crippen LogP) is 4.16. The molecule has 1 aromatic heterocycles. The number of hydrogen-bond donors (Lipinski definition) is 1. The number of pyridine rings is 1. The van der Waals surface area contributed by atoms with E-state index in [0.29, 0.717) is 0 Å². The molecule has 1 aliphatic rings. The molecule has 0 radical (unpaired) electrons. The minimum atomic E-state index is -4.77. The summed E-state index contributed by atoms with van der Waals surface area (Å²) in [5.41, 5.74) is -2.29. The number of anilines is 1. The lowest BCUT2D eigenvalue weighted by molar-refractivity contribution is -0.261. The maximum absolute atomic E-state index is 14.0. The molecule has 11 heteroatoms. The lowest BCUT2D eigenvalue weighted by Crippen LogP contribution is -2.43. The van der Waals surface area contributed by atoms with Crippen molar-refractivity contribution in [2.75, 3.05) is 19.5 Å². The lowest BCUT2D eigenvalue weighted by Gasteiger charge is -2.27. The molecule has 1 fully saturated rings. The van der Waals surface area contributed by atoms with E-state index in [1.54, 1.807) is 0 Å². The van der Waals surface area contributed by atoms with Crippen molar-refractivity contribution in [1.29, 1.82) is 0 Å². The number of ether oxygens (including phenoxy) is 3. The van der Waals surface area contributed by atoms with Crippen LogP contribution in [0.1, 0.15) is 40.9 Å². The van der Waals surface area contributed by atoms with Crippen molar-refractivity contribution >= 4 is 17.6 Å². The second kappa shape index (κ2) is 8.97. The molecule has 0 spiro atoms. The van der Waals surface area contributed by atoms with Gasteiger partial charge in [-0.05, 0) is 38.5 Å². The zero-order valence-corrected chi connectivity index (χ0v) is 18.2. The Morgan fingerprint density at radius 1 is 1.24 bits per heavy atom. The number of aromatic nitrogens is 1. The number of alkyl halides is 3. The third-order valence-corrected chi connectivity index (χ3v) is 5.62. The van der Waals surface area contributed by atoms with Crippen molar-refractivity contribution in [3.8, 4) is 5.75 Å². The molecule has 0 saturated carbocycles. The number of benzene rings is 1. The summed E-state index contributed by atoms with van der Waals surface area (Å²) in [6, 6.07) is 4.98. The Morgan fingerprint density at radius 2 is 1.94 bits per heavy atom. The number of amides is 1. The number of nitrogens with one attached hydrogen (secondary N) is 1. The number of carbonyl (C=O) groups excluding carboxylic acids is 2. The van der Waals surface area contributed by atoms with Gasteiger partial charge >= 0.3 is 12.1 Å². The normalized spacial score (nSPS) is 22.7. The Hall–Kier alpha value is -3.21. The molecule has 3 atom stereocenters. The first-order valence-electron chi connectivity index (χ1n) is 9.84. The van der Waals surface area contributed by atoms with Crippen molar-refractivity contribution < 1.29 is 41.4 Å². The first-order valence-corrected chi connectivity index (χ1v) is 9.84. The summed E-state index contributed by atoms with van der Waals surface area (Å²) >= 11 is 0. The van der Waals surface area contributed by atoms with Crippen LogP contribution >= 0.6 is 0 Å². The molecule has 2 heterocycles. The van der Waals surface area contributed by atoms with E-state index in [2.05, 4.69) is 15.0 Å². The molecule has 1 amide bonds. The highest BCUT2D eigenvalue weighted by Gasteiger charge is 2.61. The number of halogens is 4. The molecule has 0 aliphatic carbocycles. The average Bonchev–Trinajstić information content (AvgIpc) is 3.14. The number of methoxy groups -OCH3 is 2. The van der Waals surface area contributed by atoms with Gasteiger partial charge in [-0.1, -0.05) is 6.07 Å². The molecular formula is C22H22F4N2O5. The van der Waals surface area contributed by atoms with Gasteiger partial charge < -0.3 is 19.5 Å². The van der Waals surface area contributed by atoms with E-state index in [4.69, 9.17) is 9.47 Å². The molecule has 1 aromatic carbocycles. The van der Waals surface area contributed by atoms with Crippen LogP contribution in [0, 0.1) is 12.7 Å². The van der Waals surface area contributed by atoms with Crippen LogP contribution in [0.3, 0.4) is 0 Å². The first-order chi connectivity index (χ1) is 15.4. The van der Waals surface area contributed by atoms with Crippen molar-refractivity contribution in [3.63, 3.8) is 0 Å². The van der Waals surface area contributed by atoms with E-state index in [9.17, 15) is 27.2 Å². The molecule has 1 N–H and O–H groups in total. The van der Waals surface area contributed by atoms with Crippen molar-refractivity contribution in [1.82, 2.24) is 4.98 Å². The van der Waals surface area contributed by atoms with Gasteiger partial charge in [0, 0.05) is 28.9 Å². The van der Waals surface area contributed by atoms with Crippen LogP contribution in [0.5, 0.6) is 5.75 Å². The van der Waals surface area contributed by atoms with E-state index in [0.717, 1.165) is 20.1 Å². The fraction of sp³-hybridized carbons (Fsp3) is 0.409. The van der Waals surface area contributed by atoms with Crippen LogP contribution in [0.15, 0.2) is 30.5 Å². The summed E-state index contributed by atoms with van der Waals surface area (Å²) in [7, 11) is 2.42.